The molecule has 0 atom stereocenters. The zero-order valence-corrected chi connectivity index (χ0v) is 11.6. The quantitative estimate of drug-likeness (QED) is 0.616. The predicted molar refractivity (Wildman–Crippen MR) is 84.9 cm³/mol. The highest BCUT2D eigenvalue weighted by molar-refractivity contribution is 6.07. The number of hydrogen-bond donors (Lipinski definition) is 1. The number of anilines is 1. The smallest absolute Gasteiger partial charge is 0.275 e. The fourth-order valence-electron chi connectivity index (χ4n) is 2.44. The highest BCUT2D eigenvalue weighted by atomic mass is 16.1. The van der Waals surface area contributed by atoms with Crippen molar-refractivity contribution < 1.29 is 4.79 Å². The van der Waals surface area contributed by atoms with Crippen LogP contribution in [0.2, 0.25) is 0 Å². The van der Waals surface area contributed by atoms with Crippen LogP contribution in [-0.2, 0) is 0 Å². The summed E-state index contributed by atoms with van der Waals surface area (Å²) in [4.78, 5) is 21.0. The fraction of sp³-hybridized carbons (Fsp3) is 0. The van der Waals surface area contributed by atoms with Gasteiger partial charge in [0.2, 0.25) is 0 Å². The number of rotatable bonds is 2. The van der Waals surface area contributed by atoms with Crippen LogP contribution in [0.4, 0.5) is 5.69 Å². The lowest BCUT2D eigenvalue weighted by atomic mass is 10.2. The van der Waals surface area contributed by atoms with E-state index in [-0.39, 0.29) is 5.91 Å². The topological polar surface area (TPSA) is 59.3 Å². The molecule has 3 aromatic heterocycles. The van der Waals surface area contributed by atoms with Crippen molar-refractivity contribution in [2.24, 2.45) is 0 Å². The summed E-state index contributed by atoms with van der Waals surface area (Å²) in [6, 6.07) is 15.1. The number of hydrogen-bond acceptors (Lipinski definition) is 3. The molecule has 0 aliphatic heterocycles. The SMILES string of the molecule is O=C(Nc1cccc2ncccc12)c1cn2ccccc2n1. The zero-order chi connectivity index (χ0) is 14.9. The number of aromatic nitrogens is 3. The third-order valence-corrected chi connectivity index (χ3v) is 3.49. The molecule has 3 heterocycles. The van der Waals surface area contributed by atoms with Crippen LogP contribution in [0.25, 0.3) is 16.6 Å². The van der Waals surface area contributed by atoms with Gasteiger partial charge in [0, 0.05) is 24.0 Å². The average molecular weight is 288 g/mol. The lowest BCUT2D eigenvalue weighted by molar-refractivity contribution is 0.102. The normalized spacial score (nSPS) is 10.9. The van der Waals surface area contributed by atoms with Crippen molar-refractivity contribution in [1.82, 2.24) is 14.4 Å². The Morgan fingerprint density at radius 1 is 1.05 bits per heavy atom. The largest absolute Gasteiger partial charge is 0.320 e. The molecule has 1 aromatic carbocycles. The monoisotopic (exact) mass is 288 g/mol. The van der Waals surface area contributed by atoms with Gasteiger partial charge >= 0.3 is 0 Å². The first kappa shape index (κ1) is 12.5. The second kappa shape index (κ2) is 4.96. The van der Waals surface area contributed by atoms with E-state index >= 15 is 0 Å². The molecule has 1 N–H and O–H groups in total. The minimum atomic E-state index is -0.236. The number of imidazole rings is 1. The van der Waals surface area contributed by atoms with Gasteiger partial charge in [0.25, 0.3) is 5.91 Å². The predicted octanol–water partition coefficient (Wildman–Crippen LogP) is 3.13. The summed E-state index contributed by atoms with van der Waals surface area (Å²) >= 11 is 0. The van der Waals surface area contributed by atoms with Crippen LogP contribution in [0.15, 0.2) is 67.1 Å². The van der Waals surface area contributed by atoms with Gasteiger partial charge in [0.1, 0.15) is 11.3 Å². The number of carbonyl (C=O) groups is 1. The van der Waals surface area contributed by atoms with Gasteiger partial charge in [-0.2, -0.15) is 0 Å². The fourth-order valence-corrected chi connectivity index (χ4v) is 2.44. The van der Waals surface area contributed by atoms with E-state index in [4.69, 9.17) is 0 Å². The van der Waals surface area contributed by atoms with Gasteiger partial charge in [0.15, 0.2) is 0 Å². The van der Waals surface area contributed by atoms with Gasteiger partial charge in [-0.1, -0.05) is 12.1 Å². The van der Waals surface area contributed by atoms with Crippen molar-refractivity contribution in [2.75, 3.05) is 5.32 Å². The number of benzene rings is 1. The number of carbonyl (C=O) groups excluding carboxylic acids is 1. The molecular formula is C17H12N4O. The maximum absolute atomic E-state index is 12.4. The molecule has 5 heteroatoms. The first-order valence-electron chi connectivity index (χ1n) is 6.90. The summed E-state index contributed by atoms with van der Waals surface area (Å²) in [5, 5.41) is 3.81. The molecule has 1 amide bonds. The first-order valence-corrected chi connectivity index (χ1v) is 6.90. The molecule has 5 nitrogen and oxygen atoms in total. The van der Waals surface area contributed by atoms with E-state index in [2.05, 4.69) is 15.3 Å². The molecule has 0 unspecified atom stereocenters. The van der Waals surface area contributed by atoms with Gasteiger partial charge < -0.3 is 9.72 Å². The summed E-state index contributed by atoms with van der Waals surface area (Å²) in [5.41, 5.74) is 2.70. The highest BCUT2D eigenvalue weighted by Gasteiger charge is 2.12. The average Bonchev–Trinajstić information content (AvgIpc) is 2.99. The Morgan fingerprint density at radius 2 is 2.00 bits per heavy atom. The van der Waals surface area contributed by atoms with Gasteiger partial charge in [-0.3, -0.25) is 9.78 Å². The Hall–Kier alpha value is -3.21. The van der Waals surface area contributed by atoms with Crippen LogP contribution in [0.5, 0.6) is 0 Å². The van der Waals surface area contributed by atoms with Gasteiger partial charge in [-0.05, 0) is 36.4 Å². The van der Waals surface area contributed by atoms with Crippen LogP contribution in [-0.4, -0.2) is 20.3 Å². The molecule has 0 bridgehead atoms. The Bertz CT molecular complexity index is 952. The Kier molecular flexibility index (Phi) is 2.83. The number of nitrogens with zero attached hydrogens (tertiary/aromatic N) is 3. The summed E-state index contributed by atoms with van der Waals surface area (Å²) in [5.74, 6) is -0.236. The summed E-state index contributed by atoms with van der Waals surface area (Å²) in [6.45, 7) is 0. The Balaban J connectivity index is 1.71. The van der Waals surface area contributed by atoms with Gasteiger partial charge in [-0.15, -0.1) is 0 Å². The van der Waals surface area contributed by atoms with E-state index in [9.17, 15) is 4.79 Å². The molecule has 0 radical (unpaired) electrons. The van der Waals surface area contributed by atoms with Crippen LogP contribution in [0.1, 0.15) is 10.5 Å². The van der Waals surface area contributed by atoms with Crippen LogP contribution >= 0.6 is 0 Å². The van der Waals surface area contributed by atoms with Crippen LogP contribution < -0.4 is 5.32 Å². The maximum Gasteiger partial charge on any atom is 0.275 e. The molecule has 0 aliphatic rings. The minimum Gasteiger partial charge on any atom is -0.320 e. The molecule has 22 heavy (non-hydrogen) atoms. The third-order valence-electron chi connectivity index (χ3n) is 3.49. The molecule has 0 saturated heterocycles. The number of nitrogens with one attached hydrogen (secondary N) is 1. The molecule has 4 rings (SSSR count). The van der Waals surface area contributed by atoms with E-state index < -0.39 is 0 Å². The number of fused-ring (bicyclic) bond motifs is 2. The zero-order valence-electron chi connectivity index (χ0n) is 11.6. The molecule has 0 aliphatic carbocycles. The molecule has 0 spiro atoms. The number of pyridine rings is 2. The maximum atomic E-state index is 12.4. The Morgan fingerprint density at radius 3 is 2.91 bits per heavy atom. The third kappa shape index (κ3) is 2.09. The molecule has 106 valence electrons. The second-order valence-electron chi connectivity index (χ2n) is 4.92. The van der Waals surface area contributed by atoms with Gasteiger partial charge in [-0.25, -0.2) is 4.98 Å². The van der Waals surface area contributed by atoms with Crippen LogP contribution in [0.3, 0.4) is 0 Å². The molecule has 0 fully saturated rings. The molecule has 4 aromatic rings. The standard InChI is InChI=1S/C17H12N4O/c22-17(15-11-21-10-2-1-8-16(21)19-15)20-14-7-3-6-13-12(14)5-4-9-18-13/h1-11H,(H,20,22). The molecular weight excluding hydrogens is 276 g/mol. The Labute approximate surface area is 126 Å². The van der Waals surface area contributed by atoms with Crippen molar-refractivity contribution in [2.45, 2.75) is 0 Å². The lowest BCUT2D eigenvalue weighted by Gasteiger charge is -2.06. The minimum absolute atomic E-state index is 0.236. The lowest BCUT2D eigenvalue weighted by Crippen LogP contribution is -2.12. The number of amides is 1. The van der Waals surface area contributed by atoms with Gasteiger partial charge in [0.05, 0.1) is 11.2 Å². The second-order valence-corrected chi connectivity index (χ2v) is 4.92. The van der Waals surface area contributed by atoms with E-state index in [0.29, 0.717) is 5.69 Å². The van der Waals surface area contributed by atoms with E-state index in [1.54, 1.807) is 12.4 Å². The van der Waals surface area contributed by atoms with E-state index in [1.807, 2.05) is 59.1 Å². The summed E-state index contributed by atoms with van der Waals surface area (Å²) in [6.07, 6.45) is 5.31. The summed E-state index contributed by atoms with van der Waals surface area (Å²) in [7, 11) is 0. The van der Waals surface area contributed by atoms with Crippen LogP contribution in [0, 0.1) is 0 Å². The molecule has 0 saturated carbocycles. The van der Waals surface area contributed by atoms with E-state index in [1.165, 1.54) is 0 Å². The van der Waals surface area contributed by atoms with Crippen molar-refractivity contribution in [3.8, 4) is 0 Å². The van der Waals surface area contributed by atoms with Crippen molar-refractivity contribution in [1.29, 1.82) is 0 Å². The van der Waals surface area contributed by atoms with E-state index in [0.717, 1.165) is 22.2 Å². The van der Waals surface area contributed by atoms with Crippen molar-refractivity contribution in [3.63, 3.8) is 0 Å². The first-order chi connectivity index (χ1) is 10.8. The van der Waals surface area contributed by atoms with Crippen molar-refractivity contribution >= 4 is 28.1 Å². The highest BCUT2D eigenvalue weighted by Crippen LogP contribution is 2.21. The summed E-state index contributed by atoms with van der Waals surface area (Å²) < 4.78 is 1.82. The van der Waals surface area contributed by atoms with Crippen molar-refractivity contribution in [3.05, 3.63) is 72.8 Å².